The fourth-order valence-corrected chi connectivity index (χ4v) is 5.32. The normalized spacial score (nSPS) is 20.5. The predicted molar refractivity (Wildman–Crippen MR) is 115 cm³/mol. The third-order valence-corrected chi connectivity index (χ3v) is 7.27. The summed E-state index contributed by atoms with van der Waals surface area (Å²) in [5.41, 5.74) is -0.584. The van der Waals surface area contributed by atoms with Crippen LogP contribution in [-0.2, 0) is 19.6 Å². The Labute approximate surface area is 183 Å². The molecule has 1 unspecified atom stereocenters. The summed E-state index contributed by atoms with van der Waals surface area (Å²) in [5.74, 6) is -1.08. The van der Waals surface area contributed by atoms with Crippen LogP contribution in [0.2, 0.25) is 0 Å². The molecule has 2 N–H and O–H groups in total. The molecule has 0 bridgehead atoms. The fraction of sp³-hybridized carbons (Fsp3) is 0.619. The van der Waals surface area contributed by atoms with Gasteiger partial charge in [0.25, 0.3) is 0 Å². The highest BCUT2D eigenvalue weighted by atomic mass is 32.2. The number of amides is 2. The number of likely N-dealkylation sites (tertiary alicyclic amines) is 1. The van der Waals surface area contributed by atoms with Crippen LogP contribution in [0.1, 0.15) is 46.5 Å². The molecule has 2 fully saturated rings. The van der Waals surface area contributed by atoms with E-state index in [0.717, 1.165) is 12.8 Å². The number of ether oxygens (including phenoxy) is 1. The van der Waals surface area contributed by atoms with Crippen LogP contribution in [0, 0.1) is 5.92 Å². The summed E-state index contributed by atoms with van der Waals surface area (Å²) in [6.45, 7) is 6.99. The van der Waals surface area contributed by atoms with Crippen molar-refractivity contribution in [2.24, 2.45) is 5.92 Å². The molecular formula is C21H31N3O6S. The number of phenolic OH excluding ortho intramolecular Hbond substituents is 1. The van der Waals surface area contributed by atoms with Crippen molar-refractivity contribution < 1.29 is 27.9 Å². The molecule has 9 nitrogen and oxygen atoms in total. The first-order valence-corrected chi connectivity index (χ1v) is 12.0. The second-order valence-electron chi connectivity index (χ2n) is 9.04. The minimum Gasteiger partial charge on any atom is -0.506 e. The highest BCUT2D eigenvalue weighted by Crippen LogP contribution is 2.30. The maximum Gasteiger partial charge on any atom is 0.410 e. The zero-order valence-electron chi connectivity index (χ0n) is 18.3. The van der Waals surface area contributed by atoms with Crippen molar-refractivity contribution in [3.05, 3.63) is 18.2 Å². The van der Waals surface area contributed by atoms with E-state index in [4.69, 9.17) is 4.74 Å². The third kappa shape index (κ3) is 5.68. The second-order valence-corrected chi connectivity index (χ2v) is 11.0. The third-order valence-electron chi connectivity index (χ3n) is 5.37. The van der Waals surface area contributed by atoms with E-state index in [9.17, 15) is 23.1 Å². The van der Waals surface area contributed by atoms with Gasteiger partial charge in [0.1, 0.15) is 11.4 Å². The molecule has 0 spiro atoms. The van der Waals surface area contributed by atoms with Gasteiger partial charge in [-0.15, -0.1) is 0 Å². The monoisotopic (exact) mass is 453 g/mol. The Balaban J connectivity index is 1.70. The summed E-state index contributed by atoms with van der Waals surface area (Å²) in [4.78, 5) is 26.7. The van der Waals surface area contributed by atoms with E-state index in [1.807, 2.05) is 0 Å². The largest absolute Gasteiger partial charge is 0.506 e. The molecule has 3 rings (SSSR count). The van der Waals surface area contributed by atoms with Gasteiger partial charge in [0.05, 0.1) is 16.5 Å². The second kappa shape index (κ2) is 9.04. The minimum absolute atomic E-state index is 0.0292. The van der Waals surface area contributed by atoms with E-state index in [2.05, 4.69) is 5.32 Å². The van der Waals surface area contributed by atoms with Gasteiger partial charge in [-0.3, -0.25) is 4.79 Å². The van der Waals surface area contributed by atoms with Gasteiger partial charge in [0.2, 0.25) is 15.9 Å². The molecule has 172 valence electrons. The van der Waals surface area contributed by atoms with Crippen LogP contribution in [0.5, 0.6) is 5.75 Å². The van der Waals surface area contributed by atoms with Crippen LogP contribution in [0.4, 0.5) is 10.5 Å². The number of carbonyl (C=O) groups is 2. The van der Waals surface area contributed by atoms with Gasteiger partial charge in [0, 0.05) is 26.2 Å². The maximum absolute atomic E-state index is 12.8. The number of hydrogen-bond acceptors (Lipinski definition) is 6. The molecule has 31 heavy (non-hydrogen) atoms. The number of rotatable bonds is 4. The molecule has 2 aliphatic heterocycles. The number of carbonyl (C=O) groups excluding carboxylic acids is 2. The van der Waals surface area contributed by atoms with Gasteiger partial charge >= 0.3 is 6.09 Å². The molecule has 1 aromatic rings. The Kier molecular flexibility index (Phi) is 6.80. The number of anilines is 1. The lowest BCUT2D eigenvalue weighted by Crippen LogP contribution is -2.45. The minimum atomic E-state index is -3.67. The molecule has 1 atom stereocenters. The first-order chi connectivity index (χ1) is 14.5. The Morgan fingerprint density at radius 1 is 1.13 bits per heavy atom. The lowest BCUT2D eigenvalue weighted by Gasteiger charge is -2.33. The van der Waals surface area contributed by atoms with Crippen molar-refractivity contribution in [2.45, 2.75) is 57.0 Å². The molecule has 0 radical (unpaired) electrons. The Hall–Kier alpha value is -2.33. The average molecular weight is 454 g/mol. The molecule has 0 aromatic heterocycles. The number of phenols is 1. The zero-order valence-corrected chi connectivity index (χ0v) is 19.1. The van der Waals surface area contributed by atoms with Crippen molar-refractivity contribution in [1.82, 2.24) is 9.21 Å². The lowest BCUT2D eigenvalue weighted by molar-refractivity contribution is -0.121. The molecule has 2 aliphatic rings. The number of nitrogens with one attached hydrogen (secondary N) is 1. The number of sulfonamides is 1. The van der Waals surface area contributed by atoms with Crippen molar-refractivity contribution in [1.29, 1.82) is 0 Å². The van der Waals surface area contributed by atoms with Gasteiger partial charge in [-0.2, -0.15) is 4.31 Å². The molecule has 2 amide bonds. The van der Waals surface area contributed by atoms with E-state index in [0.29, 0.717) is 32.5 Å². The Morgan fingerprint density at radius 3 is 2.45 bits per heavy atom. The van der Waals surface area contributed by atoms with E-state index >= 15 is 0 Å². The average Bonchev–Trinajstić information content (AvgIpc) is 3.24. The number of aromatic hydroxyl groups is 1. The predicted octanol–water partition coefficient (Wildman–Crippen LogP) is 2.76. The van der Waals surface area contributed by atoms with Crippen LogP contribution >= 0.6 is 0 Å². The quantitative estimate of drug-likeness (QED) is 0.677. The summed E-state index contributed by atoms with van der Waals surface area (Å²) in [7, 11) is -3.67. The Morgan fingerprint density at radius 2 is 1.81 bits per heavy atom. The van der Waals surface area contributed by atoms with Crippen LogP contribution in [0.3, 0.4) is 0 Å². The number of piperidine rings is 1. The number of nitrogens with zero attached hydrogens (tertiary/aromatic N) is 2. The van der Waals surface area contributed by atoms with Gasteiger partial charge < -0.3 is 20.1 Å². The highest BCUT2D eigenvalue weighted by molar-refractivity contribution is 7.89. The van der Waals surface area contributed by atoms with E-state index in [-0.39, 0.29) is 28.8 Å². The first-order valence-electron chi connectivity index (χ1n) is 10.6. The maximum atomic E-state index is 12.8. The van der Waals surface area contributed by atoms with E-state index in [1.54, 1.807) is 20.8 Å². The standard InChI is InChI=1S/C21H31N3O6S/c1-21(2,3)30-20(27)23-10-6-7-15(14-23)19(26)22-17-13-16(8-9-18(17)25)31(28,29)24-11-4-5-12-24/h8-9,13,15,25H,4-7,10-12,14H2,1-3H3,(H,22,26). The SMILES string of the molecule is CC(C)(C)OC(=O)N1CCCC(C(=O)Nc2cc(S(=O)(=O)N3CCCC3)ccc2O)C1. The van der Waals surface area contributed by atoms with Gasteiger partial charge in [-0.05, 0) is 64.7 Å². The van der Waals surface area contributed by atoms with Crippen LogP contribution in [0.15, 0.2) is 23.1 Å². The van der Waals surface area contributed by atoms with E-state index in [1.165, 1.54) is 27.4 Å². The summed E-state index contributed by atoms with van der Waals surface area (Å²) in [5, 5.41) is 12.8. The molecule has 1 aromatic carbocycles. The molecule has 10 heteroatoms. The van der Waals surface area contributed by atoms with Crippen molar-refractivity contribution in [2.75, 3.05) is 31.5 Å². The molecular weight excluding hydrogens is 422 g/mol. The van der Waals surface area contributed by atoms with Gasteiger partial charge in [0.15, 0.2) is 0 Å². The number of benzene rings is 1. The highest BCUT2D eigenvalue weighted by Gasteiger charge is 2.32. The first kappa shape index (κ1) is 23.3. The van der Waals surface area contributed by atoms with Crippen molar-refractivity contribution in [3.8, 4) is 5.75 Å². The summed E-state index contributed by atoms with van der Waals surface area (Å²) in [6.07, 6.45) is 2.39. The van der Waals surface area contributed by atoms with Crippen molar-refractivity contribution >= 4 is 27.7 Å². The summed E-state index contributed by atoms with van der Waals surface area (Å²) >= 11 is 0. The number of hydrogen-bond donors (Lipinski definition) is 2. The van der Waals surface area contributed by atoms with Crippen molar-refractivity contribution in [3.63, 3.8) is 0 Å². The zero-order chi connectivity index (χ0) is 22.8. The lowest BCUT2D eigenvalue weighted by atomic mass is 9.97. The Bertz CT molecular complexity index is 935. The van der Waals surface area contributed by atoms with Gasteiger partial charge in [-0.1, -0.05) is 0 Å². The topological polar surface area (TPSA) is 116 Å². The summed E-state index contributed by atoms with van der Waals surface area (Å²) < 4.78 is 32.4. The smallest absolute Gasteiger partial charge is 0.410 e. The summed E-state index contributed by atoms with van der Waals surface area (Å²) in [6, 6.07) is 3.89. The molecule has 2 saturated heterocycles. The molecule has 0 saturated carbocycles. The molecule has 0 aliphatic carbocycles. The van der Waals surface area contributed by atoms with Crippen LogP contribution < -0.4 is 5.32 Å². The van der Waals surface area contributed by atoms with E-state index < -0.39 is 27.6 Å². The van der Waals surface area contributed by atoms with Crippen LogP contribution in [0.25, 0.3) is 0 Å². The molecule has 2 heterocycles. The van der Waals surface area contributed by atoms with Crippen LogP contribution in [-0.4, -0.2) is 66.5 Å². The fourth-order valence-electron chi connectivity index (χ4n) is 3.77. The van der Waals surface area contributed by atoms with Gasteiger partial charge in [-0.25, -0.2) is 13.2 Å².